The number of benzene rings is 1. The van der Waals surface area contributed by atoms with E-state index in [-0.39, 0.29) is 24.9 Å². The second kappa shape index (κ2) is 8.77. The molecule has 1 atom stereocenters. The molecular weight excluding hydrogens is 384 g/mol. The molecule has 3 heterocycles. The molecular formula is C18H23ClN6OS. The number of nitrogens with zero attached hydrogens (tertiary/aromatic N) is 5. The number of hydrogen-bond acceptors (Lipinski definition) is 6. The van der Waals surface area contributed by atoms with E-state index in [1.54, 1.807) is 11.1 Å². The first kappa shape index (κ1) is 19.7. The Labute approximate surface area is 168 Å². The molecule has 1 saturated heterocycles. The summed E-state index contributed by atoms with van der Waals surface area (Å²) in [5, 5.41) is 7.80. The number of piperidine rings is 1. The maximum absolute atomic E-state index is 12.7. The van der Waals surface area contributed by atoms with E-state index in [9.17, 15) is 4.79 Å². The normalized spacial score (nSPS) is 16.9. The lowest BCUT2D eigenvalue weighted by Crippen LogP contribution is -2.33. The van der Waals surface area contributed by atoms with Crippen molar-refractivity contribution in [3.05, 3.63) is 41.7 Å². The Balaban J connectivity index is 0.00000210. The molecule has 27 heavy (non-hydrogen) atoms. The number of likely N-dealkylation sites (N-methyl/N-ethyl adjacent to an activating group) is 1. The Morgan fingerprint density at radius 3 is 3.00 bits per heavy atom. The largest absolute Gasteiger partial charge is 0.340 e. The molecule has 1 aromatic carbocycles. The molecule has 3 aromatic rings. The molecule has 0 aliphatic carbocycles. The molecule has 0 spiro atoms. The minimum absolute atomic E-state index is 0. The van der Waals surface area contributed by atoms with Gasteiger partial charge in [-0.15, -0.1) is 12.4 Å². The van der Waals surface area contributed by atoms with Crippen LogP contribution in [-0.4, -0.2) is 49.5 Å². The van der Waals surface area contributed by atoms with Crippen molar-refractivity contribution in [3.63, 3.8) is 0 Å². The van der Waals surface area contributed by atoms with Gasteiger partial charge < -0.3 is 10.2 Å². The van der Waals surface area contributed by atoms with E-state index in [1.807, 2.05) is 36.0 Å². The van der Waals surface area contributed by atoms with E-state index in [4.69, 9.17) is 0 Å². The lowest BCUT2D eigenvalue weighted by atomic mass is 9.96. The van der Waals surface area contributed by atoms with Crippen LogP contribution in [0.5, 0.6) is 0 Å². The summed E-state index contributed by atoms with van der Waals surface area (Å²) in [5.74, 6) is 0.485. The summed E-state index contributed by atoms with van der Waals surface area (Å²) < 4.78 is 10.3. The van der Waals surface area contributed by atoms with Crippen LogP contribution < -0.4 is 5.32 Å². The molecule has 1 amide bonds. The Hall–Kier alpha value is -2.03. The monoisotopic (exact) mass is 406 g/mol. The van der Waals surface area contributed by atoms with Crippen LogP contribution >= 0.6 is 24.1 Å². The molecule has 144 valence electrons. The molecule has 1 fully saturated rings. The summed E-state index contributed by atoms with van der Waals surface area (Å²) in [6.07, 6.45) is 4.10. The number of fused-ring (bicyclic) bond motifs is 1. The van der Waals surface area contributed by atoms with E-state index in [0.717, 1.165) is 48.2 Å². The Morgan fingerprint density at radius 2 is 2.19 bits per heavy atom. The van der Waals surface area contributed by atoms with Crippen molar-refractivity contribution in [2.45, 2.75) is 31.8 Å². The molecule has 4 rings (SSSR count). The number of carbonyl (C=O) groups excluding carboxylic acids is 1. The van der Waals surface area contributed by atoms with E-state index >= 15 is 0 Å². The zero-order chi connectivity index (χ0) is 17.9. The highest BCUT2D eigenvalue weighted by Gasteiger charge is 2.21. The van der Waals surface area contributed by atoms with Gasteiger partial charge in [0.05, 0.1) is 11.7 Å². The van der Waals surface area contributed by atoms with Gasteiger partial charge >= 0.3 is 0 Å². The summed E-state index contributed by atoms with van der Waals surface area (Å²) >= 11 is 1.21. The quantitative estimate of drug-likeness (QED) is 0.704. The van der Waals surface area contributed by atoms with Crippen LogP contribution in [0.25, 0.3) is 11.0 Å². The standard InChI is InChI=1S/C18H22N6OS.ClH/c1-23(11-13-4-5-15-16(9-13)22-26-21-15)18(25)12-24-17(6-8-20-24)14-3-2-7-19-10-14;/h4-6,8-9,14,19H,2-3,7,10-12H2,1H3;1H. The van der Waals surface area contributed by atoms with Gasteiger partial charge in [0.2, 0.25) is 5.91 Å². The molecule has 0 saturated carbocycles. The highest BCUT2D eigenvalue weighted by Crippen LogP contribution is 2.23. The minimum Gasteiger partial charge on any atom is -0.340 e. The fourth-order valence-corrected chi connectivity index (χ4v) is 3.98. The smallest absolute Gasteiger partial charge is 0.244 e. The molecule has 1 unspecified atom stereocenters. The number of amides is 1. The molecule has 1 aliphatic rings. The third-order valence-electron chi connectivity index (χ3n) is 4.91. The third kappa shape index (κ3) is 4.45. The maximum atomic E-state index is 12.7. The van der Waals surface area contributed by atoms with Crippen LogP contribution in [0, 0.1) is 0 Å². The fourth-order valence-electron chi connectivity index (χ4n) is 3.46. The molecule has 1 N–H and O–H groups in total. The van der Waals surface area contributed by atoms with Crippen molar-refractivity contribution < 1.29 is 4.79 Å². The van der Waals surface area contributed by atoms with E-state index in [2.05, 4.69) is 19.2 Å². The Morgan fingerprint density at radius 1 is 1.33 bits per heavy atom. The van der Waals surface area contributed by atoms with Gasteiger partial charge in [-0.1, -0.05) is 6.07 Å². The highest BCUT2D eigenvalue weighted by atomic mass is 35.5. The van der Waals surface area contributed by atoms with E-state index in [0.29, 0.717) is 12.5 Å². The predicted molar refractivity (Wildman–Crippen MR) is 108 cm³/mol. The lowest BCUT2D eigenvalue weighted by molar-refractivity contribution is -0.131. The van der Waals surface area contributed by atoms with Crippen LogP contribution in [0.1, 0.15) is 30.0 Å². The zero-order valence-electron chi connectivity index (χ0n) is 15.2. The second-order valence-corrected chi connectivity index (χ2v) is 7.32. The van der Waals surface area contributed by atoms with E-state index < -0.39 is 0 Å². The first-order chi connectivity index (χ1) is 12.7. The number of nitrogens with one attached hydrogen (secondary N) is 1. The Kier molecular flexibility index (Phi) is 6.41. The summed E-state index contributed by atoms with van der Waals surface area (Å²) in [5.41, 5.74) is 3.98. The zero-order valence-corrected chi connectivity index (χ0v) is 16.8. The first-order valence-corrected chi connectivity index (χ1v) is 9.61. The van der Waals surface area contributed by atoms with Crippen LogP contribution in [0.3, 0.4) is 0 Å². The van der Waals surface area contributed by atoms with Crippen molar-refractivity contribution in [2.75, 3.05) is 20.1 Å². The van der Waals surface area contributed by atoms with Gasteiger partial charge in [-0.3, -0.25) is 9.48 Å². The summed E-state index contributed by atoms with van der Waals surface area (Å²) in [6.45, 7) is 2.85. The molecule has 1 aliphatic heterocycles. The number of aromatic nitrogens is 4. The molecule has 9 heteroatoms. The van der Waals surface area contributed by atoms with Crippen LogP contribution in [0.15, 0.2) is 30.5 Å². The number of rotatable bonds is 5. The first-order valence-electron chi connectivity index (χ1n) is 8.88. The average Bonchev–Trinajstić information content (AvgIpc) is 3.31. The Bertz CT molecular complexity index is 904. The average molecular weight is 407 g/mol. The topological polar surface area (TPSA) is 75.9 Å². The predicted octanol–water partition coefficient (Wildman–Crippen LogP) is 2.44. The molecule has 7 nitrogen and oxygen atoms in total. The molecule has 2 aromatic heterocycles. The highest BCUT2D eigenvalue weighted by molar-refractivity contribution is 7.00. The maximum Gasteiger partial charge on any atom is 0.244 e. The van der Waals surface area contributed by atoms with Gasteiger partial charge in [0.25, 0.3) is 0 Å². The van der Waals surface area contributed by atoms with Crippen molar-refractivity contribution in [2.24, 2.45) is 0 Å². The summed E-state index contributed by atoms with van der Waals surface area (Å²) in [6, 6.07) is 7.98. The lowest BCUT2D eigenvalue weighted by Gasteiger charge is -2.24. The summed E-state index contributed by atoms with van der Waals surface area (Å²) in [7, 11) is 1.83. The SMILES string of the molecule is CN(Cc1ccc2nsnc2c1)C(=O)Cn1nccc1C1CCCNC1.Cl. The van der Waals surface area contributed by atoms with Gasteiger partial charge in [-0.05, 0) is 43.1 Å². The second-order valence-electron chi connectivity index (χ2n) is 6.79. The van der Waals surface area contributed by atoms with Crippen molar-refractivity contribution in [1.29, 1.82) is 0 Å². The number of hydrogen-bond donors (Lipinski definition) is 1. The van der Waals surface area contributed by atoms with Crippen molar-refractivity contribution in [3.8, 4) is 0 Å². The number of carbonyl (C=O) groups is 1. The van der Waals surface area contributed by atoms with Gasteiger partial charge in [0, 0.05) is 37.9 Å². The molecule has 0 bridgehead atoms. The van der Waals surface area contributed by atoms with Crippen LogP contribution in [0.2, 0.25) is 0 Å². The summed E-state index contributed by atoms with van der Waals surface area (Å²) in [4.78, 5) is 14.4. The van der Waals surface area contributed by atoms with Crippen LogP contribution in [0.4, 0.5) is 0 Å². The van der Waals surface area contributed by atoms with E-state index in [1.165, 1.54) is 11.7 Å². The van der Waals surface area contributed by atoms with Gasteiger partial charge in [0.1, 0.15) is 17.6 Å². The van der Waals surface area contributed by atoms with Crippen molar-refractivity contribution >= 4 is 41.1 Å². The minimum atomic E-state index is 0. The van der Waals surface area contributed by atoms with Crippen molar-refractivity contribution in [1.82, 2.24) is 28.7 Å². The molecule has 0 radical (unpaired) electrons. The van der Waals surface area contributed by atoms with Gasteiger partial charge in [-0.2, -0.15) is 13.8 Å². The third-order valence-corrected chi connectivity index (χ3v) is 5.47. The number of halogens is 1. The van der Waals surface area contributed by atoms with Gasteiger partial charge in [0.15, 0.2) is 0 Å². The van der Waals surface area contributed by atoms with Crippen LogP contribution in [-0.2, 0) is 17.9 Å². The van der Waals surface area contributed by atoms with Gasteiger partial charge in [-0.25, -0.2) is 0 Å². The fraction of sp³-hybridized carbons (Fsp3) is 0.444.